The van der Waals surface area contributed by atoms with Gasteiger partial charge in [-0.25, -0.2) is 0 Å². The highest BCUT2D eigenvalue weighted by Crippen LogP contribution is 2.24. The first kappa shape index (κ1) is 13.1. The fourth-order valence-corrected chi connectivity index (χ4v) is 2.34. The van der Waals surface area contributed by atoms with Crippen LogP contribution in [0.2, 0.25) is 0 Å². The molecule has 1 aromatic rings. The van der Waals surface area contributed by atoms with E-state index in [1.165, 1.54) is 4.90 Å². The van der Waals surface area contributed by atoms with E-state index < -0.39 is 11.9 Å². The first-order chi connectivity index (χ1) is 8.52. The lowest BCUT2D eigenvalue weighted by Gasteiger charge is -2.20. The molecule has 1 aliphatic rings. The maximum atomic E-state index is 12.2. The number of amides is 2. The van der Waals surface area contributed by atoms with E-state index >= 15 is 0 Å². The lowest BCUT2D eigenvalue weighted by atomic mass is 10.2. The fourth-order valence-electron chi connectivity index (χ4n) is 2.03. The van der Waals surface area contributed by atoms with Crippen LogP contribution in [0.4, 0.5) is 0 Å². The van der Waals surface area contributed by atoms with Gasteiger partial charge < -0.3 is 19.8 Å². The SMILES string of the molecule is CO[C@H]1C[C@@H](C(N)=O)N(C(=O)c2ccc(Br)o2)C1. The Morgan fingerprint density at radius 1 is 1.56 bits per heavy atom. The van der Waals surface area contributed by atoms with Gasteiger partial charge in [-0.15, -0.1) is 0 Å². The van der Waals surface area contributed by atoms with Gasteiger partial charge in [-0.3, -0.25) is 9.59 Å². The zero-order chi connectivity index (χ0) is 13.3. The molecule has 0 aliphatic carbocycles. The van der Waals surface area contributed by atoms with Crippen molar-refractivity contribution in [1.29, 1.82) is 0 Å². The molecule has 18 heavy (non-hydrogen) atoms. The summed E-state index contributed by atoms with van der Waals surface area (Å²) >= 11 is 3.12. The smallest absolute Gasteiger partial charge is 0.290 e. The van der Waals surface area contributed by atoms with E-state index in [0.29, 0.717) is 17.6 Å². The van der Waals surface area contributed by atoms with Crippen molar-refractivity contribution in [3.63, 3.8) is 0 Å². The van der Waals surface area contributed by atoms with E-state index in [1.54, 1.807) is 19.2 Å². The van der Waals surface area contributed by atoms with Crippen molar-refractivity contribution in [2.24, 2.45) is 5.73 Å². The summed E-state index contributed by atoms with van der Waals surface area (Å²) in [5.41, 5.74) is 5.30. The number of ether oxygens (including phenoxy) is 1. The number of primary amides is 1. The molecule has 1 aromatic heterocycles. The van der Waals surface area contributed by atoms with Gasteiger partial charge in [0, 0.05) is 20.1 Å². The van der Waals surface area contributed by atoms with E-state index in [2.05, 4.69) is 15.9 Å². The Morgan fingerprint density at radius 3 is 2.78 bits per heavy atom. The highest BCUT2D eigenvalue weighted by atomic mass is 79.9. The number of carbonyl (C=O) groups excluding carboxylic acids is 2. The second kappa shape index (κ2) is 5.11. The highest BCUT2D eigenvalue weighted by molar-refractivity contribution is 9.10. The molecule has 2 heterocycles. The molecule has 2 atom stereocenters. The predicted molar refractivity (Wildman–Crippen MR) is 65.8 cm³/mol. The predicted octanol–water partition coefficient (Wildman–Crippen LogP) is 0.757. The van der Waals surface area contributed by atoms with Gasteiger partial charge in [0.15, 0.2) is 10.4 Å². The normalized spacial score (nSPS) is 23.3. The molecule has 7 heteroatoms. The van der Waals surface area contributed by atoms with E-state index in [-0.39, 0.29) is 17.8 Å². The van der Waals surface area contributed by atoms with Crippen LogP contribution in [0.1, 0.15) is 17.0 Å². The Bertz CT molecular complexity index is 473. The summed E-state index contributed by atoms with van der Waals surface area (Å²) in [7, 11) is 1.54. The van der Waals surface area contributed by atoms with Crippen molar-refractivity contribution in [3.8, 4) is 0 Å². The number of likely N-dealkylation sites (tertiary alicyclic amines) is 1. The summed E-state index contributed by atoms with van der Waals surface area (Å²) in [5, 5.41) is 0. The maximum absolute atomic E-state index is 12.2. The summed E-state index contributed by atoms with van der Waals surface area (Å²) in [6.45, 7) is 0.335. The molecule has 2 amide bonds. The molecule has 1 fully saturated rings. The minimum Gasteiger partial charge on any atom is -0.444 e. The third-order valence-electron chi connectivity index (χ3n) is 2.97. The lowest BCUT2D eigenvalue weighted by Crippen LogP contribution is -2.43. The van der Waals surface area contributed by atoms with Crippen LogP contribution in [0.5, 0.6) is 0 Å². The van der Waals surface area contributed by atoms with Crippen LogP contribution in [0.3, 0.4) is 0 Å². The van der Waals surface area contributed by atoms with Crippen LogP contribution in [0, 0.1) is 0 Å². The van der Waals surface area contributed by atoms with Crippen LogP contribution in [0.15, 0.2) is 21.2 Å². The highest BCUT2D eigenvalue weighted by Gasteiger charge is 2.39. The van der Waals surface area contributed by atoms with Crippen LogP contribution in [-0.4, -0.2) is 42.5 Å². The number of halogens is 1. The Morgan fingerprint density at radius 2 is 2.28 bits per heavy atom. The minimum absolute atomic E-state index is 0.171. The molecule has 0 unspecified atom stereocenters. The topological polar surface area (TPSA) is 85.8 Å². The third-order valence-corrected chi connectivity index (χ3v) is 3.40. The van der Waals surface area contributed by atoms with Gasteiger partial charge in [0.2, 0.25) is 5.91 Å². The van der Waals surface area contributed by atoms with E-state index in [9.17, 15) is 9.59 Å². The zero-order valence-corrected chi connectivity index (χ0v) is 11.3. The van der Waals surface area contributed by atoms with Gasteiger partial charge in [-0.1, -0.05) is 0 Å². The van der Waals surface area contributed by atoms with E-state index in [1.807, 2.05) is 0 Å². The van der Waals surface area contributed by atoms with Crippen molar-refractivity contribution in [3.05, 3.63) is 22.6 Å². The van der Waals surface area contributed by atoms with Crippen molar-refractivity contribution in [2.75, 3.05) is 13.7 Å². The third kappa shape index (κ3) is 2.41. The lowest BCUT2D eigenvalue weighted by molar-refractivity contribution is -0.121. The number of hydrogen-bond donors (Lipinski definition) is 1. The number of methoxy groups -OCH3 is 1. The van der Waals surface area contributed by atoms with Gasteiger partial charge >= 0.3 is 0 Å². The Hall–Kier alpha value is -1.34. The monoisotopic (exact) mass is 316 g/mol. The number of rotatable bonds is 3. The maximum Gasteiger partial charge on any atom is 0.290 e. The van der Waals surface area contributed by atoms with Gasteiger partial charge in [0.05, 0.1) is 6.10 Å². The molecule has 2 N–H and O–H groups in total. The largest absolute Gasteiger partial charge is 0.444 e. The molecule has 0 saturated carbocycles. The number of furan rings is 1. The summed E-state index contributed by atoms with van der Waals surface area (Å²) in [6.07, 6.45) is 0.240. The van der Waals surface area contributed by atoms with Gasteiger partial charge in [0.25, 0.3) is 5.91 Å². The van der Waals surface area contributed by atoms with Crippen molar-refractivity contribution < 1.29 is 18.7 Å². The Balaban J connectivity index is 2.20. The Labute approximate surface area is 112 Å². The van der Waals surface area contributed by atoms with Gasteiger partial charge in [-0.2, -0.15) is 0 Å². The van der Waals surface area contributed by atoms with Crippen molar-refractivity contribution in [1.82, 2.24) is 4.90 Å². The average molecular weight is 317 g/mol. The van der Waals surface area contributed by atoms with Gasteiger partial charge in [0.1, 0.15) is 6.04 Å². The molecule has 0 radical (unpaired) electrons. The number of nitrogens with zero attached hydrogens (tertiary/aromatic N) is 1. The molecule has 1 saturated heterocycles. The van der Waals surface area contributed by atoms with Gasteiger partial charge in [-0.05, 0) is 28.1 Å². The molecule has 98 valence electrons. The van der Waals surface area contributed by atoms with Crippen LogP contribution >= 0.6 is 15.9 Å². The number of hydrogen-bond acceptors (Lipinski definition) is 4. The van der Waals surface area contributed by atoms with E-state index in [0.717, 1.165) is 0 Å². The first-order valence-corrected chi connectivity index (χ1v) is 6.20. The zero-order valence-electron chi connectivity index (χ0n) is 9.76. The standard InChI is InChI=1S/C11H13BrN2O4/c1-17-6-4-7(10(13)15)14(5-6)11(16)8-2-3-9(12)18-8/h2-3,6-7H,4-5H2,1H3,(H2,13,15)/t6-,7-/m0/s1. The fraction of sp³-hybridized carbons (Fsp3) is 0.455. The summed E-state index contributed by atoms with van der Waals surface area (Å²) in [4.78, 5) is 24.9. The number of nitrogens with two attached hydrogens (primary N) is 1. The first-order valence-electron chi connectivity index (χ1n) is 5.41. The summed E-state index contributed by atoms with van der Waals surface area (Å²) in [5.74, 6) is -0.720. The average Bonchev–Trinajstić information content (AvgIpc) is 2.93. The number of carbonyl (C=O) groups is 2. The molecule has 0 spiro atoms. The second-order valence-electron chi connectivity index (χ2n) is 4.07. The Kier molecular flexibility index (Phi) is 3.72. The van der Waals surface area contributed by atoms with E-state index in [4.69, 9.17) is 14.9 Å². The second-order valence-corrected chi connectivity index (χ2v) is 4.85. The van der Waals surface area contributed by atoms with Crippen molar-refractivity contribution >= 4 is 27.7 Å². The molecule has 0 aromatic carbocycles. The van der Waals surface area contributed by atoms with Crippen LogP contribution < -0.4 is 5.73 Å². The molecular weight excluding hydrogens is 304 g/mol. The van der Waals surface area contributed by atoms with Crippen LogP contribution in [0.25, 0.3) is 0 Å². The summed E-state index contributed by atoms with van der Waals surface area (Å²) in [6, 6.07) is 2.52. The minimum atomic E-state index is -0.647. The van der Waals surface area contributed by atoms with Crippen LogP contribution in [-0.2, 0) is 9.53 Å². The van der Waals surface area contributed by atoms with Crippen molar-refractivity contribution in [2.45, 2.75) is 18.6 Å². The molecule has 1 aliphatic heterocycles. The molecule has 6 nitrogen and oxygen atoms in total. The molecule has 2 rings (SSSR count). The quantitative estimate of drug-likeness (QED) is 0.892. The summed E-state index contributed by atoms with van der Waals surface area (Å²) < 4.78 is 10.8. The molecular formula is C11H13BrN2O4. The molecule has 0 bridgehead atoms.